The molecule has 2 aromatic heterocycles. The van der Waals surface area contributed by atoms with Crippen LogP contribution >= 0.6 is 0 Å². The van der Waals surface area contributed by atoms with Crippen molar-refractivity contribution in [2.24, 2.45) is 13.0 Å². The van der Waals surface area contributed by atoms with Gasteiger partial charge < -0.3 is 14.7 Å². The predicted octanol–water partition coefficient (Wildman–Crippen LogP) is 5.05. The summed E-state index contributed by atoms with van der Waals surface area (Å²) in [4.78, 5) is 47.1. The molecule has 1 fully saturated rings. The Kier molecular flexibility index (Phi) is 9.35. The number of amides is 2. The van der Waals surface area contributed by atoms with Gasteiger partial charge in [0, 0.05) is 33.5 Å². The van der Waals surface area contributed by atoms with Gasteiger partial charge in [0.25, 0.3) is 11.5 Å². The molecule has 14 heteroatoms. The van der Waals surface area contributed by atoms with E-state index in [1.165, 1.54) is 34.7 Å². The first-order chi connectivity index (χ1) is 22.9. The maximum atomic E-state index is 14.2. The van der Waals surface area contributed by atoms with Crippen LogP contribution in [-0.4, -0.2) is 86.7 Å². The van der Waals surface area contributed by atoms with Crippen LogP contribution in [0.1, 0.15) is 42.6 Å². The lowest BCUT2D eigenvalue weighted by Crippen LogP contribution is -2.56. The van der Waals surface area contributed by atoms with Crippen molar-refractivity contribution in [3.8, 4) is 22.8 Å². The molecule has 258 valence electrons. The minimum absolute atomic E-state index is 0.0613. The number of hydrogen-bond donors (Lipinski definition) is 1. The number of halogens is 3. The number of piperidine rings is 1. The normalized spacial score (nSPS) is 15.1. The number of rotatable bonds is 8. The van der Waals surface area contributed by atoms with Gasteiger partial charge in [-0.2, -0.15) is 18.3 Å². The molecule has 11 nitrogen and oxygen atoms in total. The Morgan fingerprint density at radius 3 is 2.33 bits per heavy atom. The molecule has 0 bridgehead atoms. The molecule has 0 atom stereocenters. The largest absolute Gasteiger partial charge is 0.416 e. The molecule has 0 radical (unpaired) electrons. The van der Waals surface area contributed by atoms with E-state index in [1.54, 1.807) is 56.1 Å². The zero-order valence-electron chi connectivity index (χ0n) is 28.4. The van der Waals surface area contributed by atoms with Crippen molar-refractivity contribution in [2.75, 3.05) is 40.8 Å². The second-order valence-electron chi connectivity index (χ2n) is 13.8. The maximum Gasteiger partial charge on any atom is 0.416 e. The highest BCUT2D eigenvalue weighted by Crippen LogP contribution is 2.32. The molecule has 1 N–H and O–H groups in total. The summed E-state index contributed by atoms with van der Waals surface area (Å²) in [6, 6.07) is 12.3. The van der Waals surface area contributed by atoms with Crippen LogP contribution in [0.15, 0.2) is 65.6 Å². The lowest BCUT2D eigenvalue weighted by molar-refractivity contribution is -0.896. The van der Waals surface area contributed by atoms with Crippen molar-refractivity contribution >= 4 is 17.5 Å². The van der Waals surface area contributed by atoms with E-state index in [0.717, 1.165) is 47.2 Å². The van der Waals surface area contributed by atoms with Crippen molar-refractivity contribution in [1.82, 2.24) is 29.4 Å². The van der Waals surface area contributed by atoms with E-state index in [9.17, 15) is 27.6 Å². The molecule has 1 saturated heterocycles. The third kappa shape index (κ3) is 7.17. The Morgan fingerprint density at radius 2 is 1.71 bits per heavy atom. The number of hydrogen-bond acceptors (Lipinski definition) is 4. The zero-order valence-corrected chi connectivity index (χ0v) is 28.4. The summed E-state index contributed by atoms with van der Waals surface area (Å²) in [7, 11) is 7.51. The minimum atomic E-state index is -4.67. The molecule has 2 amide bonds. The summed E-state index contributed by atoms with van der Waals surface area (Å²) < 4.78 is 45.8. The second-order valence-corrected chi connectivity index (χ2v) is 13.8. The van der Waals surface area contributed by atoms with Gasteiger partial charge in [0.2, 0.25) is 5.91 Å². The second kappa shape index (κ2) is 13.0. The lowest BCUT2D eigenvalue weighted by atomic mass is 9.94. The number of likely N-dealkylation sites (tertiary alicyclic amines) is 1. The molecule has 0 unspecified atom stereocenters. The zero-order chi connectivity index (χ0) is 35.9. The number of carbonyl (C=O) groups is 2. The van der Waals surface area contributed by atoms with Crippen molar-refractivity contribution in [3.05, 3.63) is 93.7 Å². The molecule has 3 heterocycles. The summed E-state index contributed by atoms with van der Waals surface area (Å²) in [6.45, 7) is 12.9. The molecule has 1 aliphatic rings. The van der Waals surface area contributed by atoms with Crippen LogP contribution in [0.25, 0.3) is 27.6 Å². The quantitative estimate of drug-likeness (QED) is 0.209. The van der Waals surface area contributed by atoms with Gasteiger partial charge in [0.1, 0.15) is 16.8 Å². The fourth-order valence-corrected chi connectivity index (χ4v) is 6.41. The number of quaternary nitrogens is 1. The molecule has 49 heavy (non-hydrogen) atoms. The Hall–Kier alpha value is -5.16. The Balaban J connectivity index is 1.56. The van der Waals surface area contributed by atoms with E-state index in [-0.39, 0.29) is 28.5 Å². The molecule has 1 aliphatic heterocycles. The van der Waals surface area contributed by atoms with Gasteiger partial charge in [0.15, 0.2) is 5.69 Å². The van der Waals surface area contributed by atoms with Gasteiger partial charge in [-0.1, -0.05) is 18.2 Å². The minimum Gasteiger partial charge on any atom is -0.343 e. The molecule has 0 aliphatic carbocycles. The van der Waals surface area contributed by atoms with Crippen LogP contribution in [0.3, 0.4) is 0 Å². The predicted molar refractivity (Wildman–Crippen MR) is 179 cm³/mol. The van der Waals surface area contributed by atoms with Gasteiger partial charge >= 0.3 is 6.18 Å². The fraction of sp³-hybridized carbons (Fsp3) is 0.400. The molecule has 5 rings (SSSR count). The molecule has 0 saturated carbocycles. The van der Waals surface area contributed by atoms with Gasteiger partial charge in [-0.15, -0.1) is 0 Å². The van der Waals surface area contributed by atoms with Gasteiger partial charge in [0.05, 0.1) is 62.6 Å². The van der Waals surface area contributed by atoms with E-state index in [2.05, 4.69) is 29.4 Å². The summed E-state index contributed by atoms with van der Waals surface area (Å²) in [5.41, 5.74) is -2.53. The number of benzene rings is 2. The third-order valence-electron chi connectivity index (χ3n) is 9.15. The molecular formula is C35H40F3N8O3+. The average Bonchev–Trinajstić information content (AvgIpc) is 3.62. The third-order valence-corrected chi connectivity index (χ3v) is 9.15. The Morgan fingerprint density at radius 1 is 1.06 bits per heavy atom. The van der Waals surface area contributed by atoms with Crippen molar-refractivity contribution in [1.29, 1.82) is 0 Å². The first-order valence-corrected chi connectivity index (χ1v) is 15.9. The highest BCUT2D eigenvalue weighted by atomic mass is 19.4. The number of nitrogens with zero attached hydrogens (tertiary/aromatic N) is 7. The van der Waals surface area contributed by atoms with Gasteiger partial charge in [-0.25, -0.2) is 14.2 Å². The standard InChI is InChI=1S/C35H39F3N8O3/c1-34(2,33(49)42(4)22-23-16-19-46(6,7)20-17-23)41-31(47)29-30(28-15-18-40-44(28)26-13-11-25(39-3)12-14-26)43(5)45(32(29)48)27-10-8-9-24(21-27)35(36,37)38/h8-15,18,21,23H,16-17,19-20,22H2,1-2,4-7H3/p+1. The summed E-state index contributed by atoms with van der Waals surface area (Å²) >= 11 is 0. The van der Waals surface area contributed by atoms with Crippen LogP contribution in [-0.2, 0) is 18.0 Å². The van der Waals surface area contributed by atoms with Crippen LogP contribution in [0.2, 0.25) is 0 Å². The summed E-state index contributed by atoms with van der Waals surface area (Å²) in [5, 5.41) is 7.13. The number of likely N-dealkylation sites (N-methyl/N-ethyl adjacent to an activating group) is 1. The van der Waals surface area contributed by atoms with E-state index in [0.29, 0.717) is 23.8 Å². The van der Waals surface area contributed by atoms with Crippen molar-refractivity contribution < 1.29 is 27.2 Å². The van der Waals surface area contributed by atoms with Crippen LogP contribution < -0.4 is 10.9 Å². The fourth-order valence-electron chi connectivity index (χ4n) is 6.41. The maximum absolute atomic E-state index is 14.2. The van der Waals surface area contributed by atoms with E-state index < -0.39 is 28.7 Å². The van der Waals surface area contributed by atoms with Gasteiger partial charge in [-0.05, 0) is 56.2 Å². The number of aromatic nitrogens is 4. The van der Waals surface area contributed by atoms with Crippen LogP contribution in [0.4, 0.5) is 18.9 Å². The van der Waals surface area contributed by atoms with E-state index >= 15 is 0 Å². The molecule has 0 spiro atoms. The first-order valence-electron chi connectivity index (χ1n) is 15.9. The van der Waals surface area contributed by atoms with Gasteiger partial charge in [-0.3, -0.25) is 19.1 Å². The number of nitrogens with one attached hydrogen (secondary N) is 1. The average molecular weight is 678 g/mol. The highest BCUT2D eigenvalue weighted by molar-refractivity contribution is 6.03. The smallest absolute Gasteiger partial charge is 0.343 e. The lowest BCUT2D eigenvalue weighted by Gasteiger charge is -2.39. The Labute approximate surface area is 282 Å². The van der Waals surface area contributed by atoms with Crippen molar-refractivity contribution in [3.63, 3.8) is 0 Å². The monoisotopic (exact) mass is 677 g/mol. The van der Waals surface area contributed by atoms with E-state index in [4.69, 9.17) is 6.57 Å². The molecular weight excluding hydrogens is 637 g/mol. The number of alkyl halides is 3. The van der Waals surface area contributed by atoms with Crippen LogP contribution in [0, 0.1) is 12.5 Å². The van der Waals surface area contributed by atoms with E-state index in [1.807, 2.05) is 0 Å². The first kappa shape index (κ1) is 35.2. The van der Waals surface area contributed by atoms with Crippen molar-refractivity contribution in [2.45, 2.75) is 38.4 Å². The number of carbonyl (C=O) groups excluding carboxylic acids is 2. The Bertz CT molecular complexity index is 1970. The van der Waals surface area contributed by atoms with Crippen LogP contribution in [0.5, 0.6) is 0 Å². The molecule has 2 aromatic carbocycles. The SMILES string of the molecule is [C-]#[N+]c1ccc(-n2nccc2-c2c(C(=O)NC(C)(C)C(=O)N(C)CC3CC[N+](C)(C)CC3)c(=O)n(-c3cccc(C(F)(F)F)c3)n2C)cc1. The highest BCUT2D eigenvalue weighted by Gasteiger charge is 2.38. The summed E-state index contributed by atoms with van der Waals surface area (Å²) in [6.07, 6.45) is -1.28. The summed E-state index contributed by atoms with van der Waals surface area (Å²) in [5.74, 6) is -0.905. The topological polar surface area (TPSA) is 98.5 Å². The molecule has 4 aromatic rings.